The molecular weight excluding hydrogens is 290 g/mol. The molecule has 0 aliphatic rings. The van der Waals surface area contributed by atoms with E-state index in [2.05, 4.69) is 26.6 Å². The molecule has 0 saturated carbocycles. The molecule has 0 saturated heterocycles. The maximum Gasteiger partial charge on any atom is 0.263 e. The summed E-state index contributed by atoms with van der Waals surface area (Å²) in [5, 5.41) is 6.01. The molecule has 6 heteroatoms. The lowest BCUT2D eigenvalue weighted by Gasteiger charge is -2.23. The Balaban J connectivity index is 2.03. The van der Waals surface area contributed by atoms with E-state index in [0.717, 1.165) is 10.7 Å². The van der Waals surface area contributed by atoms with E-state index < -0.39 is 0 Å². The molecule has 0 fully saturated rings. The Hall–Kier alpha value is -1.24. The molecule has 1 atom stereocenters. The smallest absolute Gasteiger partial charge is 0.263 e. The van der Waals surface area contributed by atoms with Crippen molar-refractivity contribution in [1.82, 2.24) is 15.2 Å². The number of thiazole rings is 1. The summed E-state index contributed by atoms with van der Waals surface area (Å²) in [4.78, 5) is 20.6. The lowest BCUT2D eigenvalue weighted by Crippen LogP contribution is -2.34. The number of carbonyl (C=O) groups excluding carboxylic acids is 1. The number of aryl methyl sites for hydroxylation is 2. The van der Waals surface area contributed by atoms with Gasteiger partial charge < -0.3 is 10.2 Å². The van der Waals surface area contributed by atoms with Gasteiger partial charge >= 0.3 is 0 Å². The molecule has 2 rings (SSSR count). The van der Waals surface area contributed by atoms with Gasteiger partial charge in [0.1, 0.15) is 4.88 Å². The highest BCUT2D eigenvalue weighted by molar-refractivity contribution is 7.13. The fourth-order valence-electron chi connectivity index (χ4n) is 2.03. The monoisotopic (exact) mass is 309 g/mol. The Kier molecular flexibility index (Phi) is 4.91. The van der Waals surface area contributed by atoms with Crippen LogP contribution in [0.4, 0.5) is 0 Å². The highest BCUT2D eigenvalue weighted by Crippen LogP contribution is 2.23. The number of rotatable bonds is 5. The van der Waals surface area contributed by atoms with Crippen LogP contribution in [0.5, 0.6) is 0 Å². The Morgan fingerprint density at radius 3 is 2.70 bits per heavy atom. The van der Waals surface area contributed by atoms with Crippen LogP contribution < -0.4 is 5.32 Å². The van der Waals surface area contributed by atoms with E-state index in [1.54, 1.807) is 11.3 Å². The second-order valence-electron chi connectivity index (χ2n) is 4.85. The Morgan fingerprint density at radius 1 is 1.45 bits per heavy atom. The maximum absolute atomic E-state index is 12.2. The summed E-state index contributed by atoms with van der Waals surface area (Å²) in [7, 11) is 4.05. The first-order chi connectivity index (χ1) is 9.49. The fraction of sp³-hybridized carbons (Fsp3) is 0.429. The molecule has 0 aliphatic carbocycles. The van der Waals surface area contributed by atoms with Crippen LogP contribution in [-0.4, -0.2) is 36.4 Å². The third-order valence-corrected chi connectivity index (χ3v) is 5.11. The van der Waals surface area contributed by atoms with E-state index in [1.165, 1.54) is 16.2 Å². The third-order valence-electron chi connectivity index (χ3n) is 3.06. The van der Waals surface area contributed by atoms with Gasteiger partial charge in [-0.3, -0.25) is 4.79 Å². The lowest BCUT2D eigenvalue weighted by molar-refractivity contribution is 0.0945. The molecule has 0 aliphatic heterocycles. The first kappa shape index (κ1) is 15.2. The average molecular weight is 309 g/mol. The van der Waals surface area contributed by atoms with Crippen molar-refractivity contribution in [2.75, 3.05) is 20.6 Å². The molecule has 0 unspecified atom stereocenters. The number of amides is 1. The minimum Gasteiger partial charge on any atom is -0.349 e. The first-order valence-electron chi connectivity index (χ1n) is 6.41. The quantitative estimate of drug-likeness (QED) is 0.924. The van der Waals surface area contributed by atoms with Gasteiger partial charge in [-0.2, -0.15) is 0 Å². The van der Waals surface area contributed by atoms with E-state index in [9.17, 15) is 4.79 Å². The van der Waals surface area contributed by atoms with E-state index >= 15 is 0 Å². The predicted molar refractivity (Wildman–Crippen MR) is 84.7 cm³/mol. The van der Waals surface area contributed by atoms with Crippen molar-refractivity contribution in [3.63, 3.8) is 0 Å². The minimum atomic E-state index is -0.0310. The number of carbonyl (C=O) groups is 1. The van der Waals surface area contributed by atoms with Crippen LogP contribution in [0.25, 0.3) is 0 Å². The summed E-state index contributed by atoms with van der Waals surface area (Å²) in [6.07, 6.45) is 0. The van der Waals surface area contributed by atoms with Gasteiger partial charge in [-0.05, 0) is 39.4 Å². The second-order valence-corrected chi connectivity index (χ2v) is 7.03. The van der Waals surface area contributed by atoms with E-state index in [4.69, 9.17) is 0 Å². The molecule has 2 heterocycles. The van der Waals surface area contributed by atoms with Crippen LogP contribution in [0.3, 0.4) is 0 Å². The Labute approximate surface area is 127 Å². The van der Waals surface area contributed by atoms with Crippen molar-refractivity contribution >= 4 is 28.6 Å². The van der Waals surface area contributed by atoms with E-state index in [0.29, 0.717) is 11.4 Å². The molecule has 0 aromatic carbocycles. The molecule has 108 valence electrons. The van der Waals surface area contributed by atoms with Gasteiger partial charge in [0.25, 0.3) is 5.91 Å². The summed E-state index contributed by atoms with van der Waals surface area (Å²) in [6.45, 7) is 4.40. The molecule has 1 amide bonds. The molecule has 0 spiro atoms. The average Bonchev–Trinajstić information content (AvgIpc) is 2.99. The zero-order chi connectivity index (χ0) is 14.7. The van der Waals surface area contributed by atoms with Crippen LogP contribution in [0.1, 0.15) is 31.3 Å². The standard InChI is InChI=1S/C14H19N3OS2/c1-9-13(20-10(2)16-9)14(18)15-8-11(17(3)4)12-6-5-7-19-12/h5-7,11H,8H2,1-4H3,(H,15,18)/t11-/m1/s1. The van der Waals surface area contributed by atoms with Crippen LogP contribution in [0, 0.1) is 13.8 Å². The van der Waals surface area contributed by atoms with Crippen molar-refractivity contribution in [2.45, 2.75) is 19.9 Å². The third kappa shape index (κ3) is 3.45. The summed E-state index contributed by atoms with van der Waals surface area (Å²) in [6, 6.07) is 4.34. The van der Waals surface area contributed by atoms with Gasteiger partial charge in [0.15, 0.2) is 0 Å². The van der Waals surface area contributed by atoms with Crippen molar-refractivity contribution in [2.24, 2.45) is 0 Å². The first-order valence-corrected chi connectivity index (χ1v) is 8.10. The summed E-state index contributed by atoms with van der Waals surface area (Å²) >= 11 is 3.16. The Morgan fingerprint density at radius 2 is 2.20 bits per heavy atom. The van der Waals surface area contributed by atoms with Crippen LogP contribution >= 0.6 is 22.7 Å². The molecule has 0 radical (unpaired) electrons. The van der Waals surface area contributed by atoms with E-state index in [1.807, 2.05) is 34.0 Å². The molecule has 0 bridgehead atoms. The largest absolute Gasteiger partial charge is 0.349 e. The number of hydrogen-bond acceptors (Lipinski definition) is 5. The number of hydrogen-bond donors (Lipinski definition) is 1. The van der Waals surface area contributed by atoms with Gasteiger partial charge in [0.05, 0.1) is 16.7 Å². The van der Waals surface area contributed by atoms with Crippen LogP contribution in [0.2, 0.25) is 0 Å². The number of thiophene rings is 1. The van der Waals surface area contributed by atoms with Gasteiger partial charge in [-0.15, -0.1) is 22.7 Å². The van der Waals surface area contributed by atoms with E-state index in [-0.39, 0.29) is 11.9 Å². The molecule has 20 heavy (non-hydrogen) atoms. The van der Waals surface area contributed by atoms with Gasteiger partial charge in [0.2, 0.25) is 0 Å². The van der Waals surface area contributed by atoms with Crippen molar-refractivity contribution < 1.29 is 4.79 Å². The second kappa shape index (κ2) is 6.47. The van der Waals surface area contributed by atoms with Crippen LogP contribution in [0.15, 0.2) is 17.5 Å². The maximum atomic E-state index is 12.2. The van der Waals surface area contributed by atoms with Crippen molar-refractivity contribution in [3.8, 4) is 0 Å². The number of nitrogens with zero attached hydrogens (tertiary/aromatic N) is 2. The Bertz CT molecular complexity index is 575. The molecule has 4 nitrogen and oxygen atoms in total. The predicted octanol–water partition coefficient (Wildman–Crippen LogP) is 2.85. The van der Waals surface area contributed by atoms with Crippen molar-refractivity contribution in [3.05, 3.63) is 38.0 Å². The summed E-state index contributed by atoms with van der Waals surface area (Å²) in [5.74, 6) is -0.0310. The topological polar surface area (TPSA) is 45.2 Å². The molecule has 2 aromatic rings. The summed E-state index contributed by atoms with van der Waals surface area (Å²) < 4.78 is 0. The number of aromatic nitrogens is 1. The zero-order valence-corrected chi connectivity index (χ0v) is 13.8. The minimum absolute atomic E-state index is 0.0310. The normalized spacial score (nSPS) is 12.7. The van der Waals surface area contributed by atoms with Gasteiger partial charge in [-0.1, -0.05) is 6.07 Å². The lowest BCUT2D eigenvalue weighted by atomic mass is 10.2. The van der Waals surface area contributed by atoms with Gasteiger partial charge in [0, 0.05) is 11.4 Å². The van der Waals surface area contributed by atoms with Crippen molar-refractivity contribution in [1.29, 1.82) is 0 Å². The highest BCUT2D eigenvalue weighted by atomic mass is 32.1. The fourth-order valence-corrected chi connectivity index (χ4v) is 3.79. The molecule has 1 N–H and O–H groups in total. The zero-order valence-electron chi connectivity index (χ0n) is 12.1. The SMILES string of the molecule is Cc1nc(C)c(C(=O)NC[C@H](c2cccs2)N(C)C)s1. The summed E-state index contributed by atoms with van der Waals surface area (Å²) in [5.41, 5.74) is 0.808. The van der Waals surface area contributed by atoms with Gasteiger partial charge in [-0.25, -0.2) is 4.98 Å². The number of likely N-dealkylation sites (N-methyl/N-ethyl adjacent to an activating group) is 1. The molecule has 2 aromatic heterocycles. The number of nitrogens with one attached hydrogen (secondary N) is 1. The van der Waals surface area contributed by atoms with Crippen LogP contribution in [-0.2, 0) is 0 Å². The molecular formula is C14H19N3OS2. The highest BCUT2D eigenvalue weighted by Gasteiger charge is 2.18.